The van der Waals surface area contributed by atoms with E-state index in [0.717, 1.165) is 50.8 Å². The van der Waals surface area contributed by atoms with Gasteiger partial charge in [-0.3, -0.25) is 9.59 Å². The van der Waals surface area contributed by atoms with Crippen LogP contribution >= 0.6 is 11.8 Å². The molecule has 1 aromatic carbocycles. The molecule has 4 unspecified atom stereocenters. The van der Waals surface area contributed by atoms with Crippen molar-refractivity contribution < 1.29 is 14.4 Å². The number of hydrogen-bond acceptors (Lipinski definition) is 4. The molecule has 4 amide bonds. The number of carbonyl (C=O) groups excluding carboxylic acids is 3. The maximum absolute atomic E-state index is 13.7. The number of amides is 4. The smallest absolute Gasteiger partial charge is 0.322 e. The predicted octanol–water partition coefficient (Wildman–Crippen LogP) is 5.77. The Morgan fingerprint density at radius 1 is 1.10 bits per heavy atom. The second kappa shape index (κ2) is 12.6. The van der Waals surface area contributed by atoms with Gasteiger partial charge in [0, 0.05) is 50.2 Å². The lowest BCUT2D eigenvalue weighted by molar-refractivity contribution is -0.137. The van der Waals surface area contributed by atoms with Gasteiger partial charge in [0.05, 0.1) is 10.6 Å². The van der Waals surface area contributed by atoms with Gasteiger partial charge < -0.3 is 20.0 Å². The summed E-state index contributed by atoms with van der Waals surface area (Å²) in [5, 5.41) is 2.88. The summed E-state index contributed by atoms with van der Waals surface area (Å²) in [5.74, 6) is 1.64. The molecule has 40 heavy (non-hydrogen) atoms. The summed E-state index contributed by atoms with van der Waals surface area (Å²) in [6.07, 6.45) is 8.25. The molecule has 4 atom stereocenters. The lowest BCUT2D eigenvalue weighted by Crippen LogP contribution is -2.50. The number of para-hydroxylation sites is 1. The number of benzene rings is 1. The minimum atomic E-state index is -0.306. The number of hydrogen-bond donors (Lipinski definition) is 1. The third-order valence-electron chi connectivity index (χ3n) is 9.41. The average molecular weight is 567 g/mol. The van der Waals surface area contributed by atoms with Crippen LogP contribution in [0.15, 0.2) is 35.9 Å². The maximum Gasteiger partial charge on any atom is 0.322 e. The minimum absolute atomic E-state index is 0.0449. The van der Waals surface area contributed by atoms with Gasteiger partial charge in [0.25, 0.3) is 0 Å². The Balaban J connectivity index is 1.19. The number of nitrogens with zero attached hydrogens (tertiary/aromatic N) is 3. The molecular weight excluding hydrogens is 520 g/mol. The van der Waals surface area contributed by atoms with Gasteiger partial charge in [-0.2, -0.15) is 0 Å². The van der Waals surface area contributed by atoms with Crippen LogP contribution < -0.4 is 5.32 Å². The molecule has 0 aromatic heterocycles. The molecule has 2 saturated heterocycles. The normalized spacial score (nSPS) is 27.9. The van der Waals surface area contributed by atoms with E-state index in [0.29, 0.717) is 37.4 Å². The first-order valence-electron chi connectivity index (χ1n) is 15.3. The zero-order valence-corrected chi connectivity index (χ0v) is 25.4. The molecule has 8 heteroatoms. The first kappa shape index (κ1) is 29.0. The van der Waals surface area contributed by atoms with Gasteiger partial charge >= 0.3 is 6.03 Å². The quantitative estimate of drug-likeness (QED) is 0.426. The maximum atomic E-state index is 13.7. The lowest BCUT2D eigenvalue weighted by atomic mass is 9.79. The van der Waals surface area contributed by atoms with Gasteiger partial charge in [-0.05, 0) is 68.9 Å². The van der Waals surface area contributed by atoms with E-state index in [-0.39, 0.29) is 40.9 Å². The van der Waals surface area contributed by atoms with Gasteiger partial charge in [0.2, 0.25) is 11.8 Å². The summed E-state index contributed by atoms with van der Waals surface area (Å²) in [5.41, 5.74) is 3.46. The molecule has 2 fully saturated rings. The lowest BCUT2D eigenvalue weighted by Gasteiger charge is -2.38. The zero-order chi connectivity index (χ0) is 28.4. The summed E-state index contributed by atoms with van der Waals surface area (Å²) in [6, 6.07) is 8.07. The summed E-state index contributed by atoms with van der Waals surface area (Å²) >= 11 is 1.73. The van der Waals surface area contributed by atoms with Crippen molar-refractivity contribution in [2.75, 3.05) is 31.5 Å². The summed E-state index contributed by atoms with van der Waals surface area (Å²) in [7, 11) is 0. The molecule has 7 nitrogen and oxygen atoms in total. The highest BCUT2D eigenvalue weighted by Gasteiger charge is 2.47. The Morgan fingerprint density at radius 3 is 2.58 bits per heavy atom. The van der Waals surface area contributed by atoms with Crippen molar-refractivity contribution in [1.29, 1.82) is 0 Å². The molecule has 5 rings (SSSR count). The Hall–Kier alpha value is -2.48. The van der Waals surface area contributed by atoms with Crippen LogP contribution in [-0.2, 0) is 16.0 Å². The van der Waals surface area contributed by atoms with E-state index in [2.05, 4.69) is 50.1 Å². The highest BCUT2D eigenvalue weighted by molar-refractivity contribution is 8.01. The Kier molecular flexibility index (Phi) is 9.13. The van der Waals surface area contributed by atoms with E-state index in [1.165, 1.54) is 11.1 Å². The van der Waals surface area contributed by atoms with Crippen LogP contribution in [0.4, 0.5) is 10.5 Å². The van der Waals surface area contributed by atoms with Crippen molar-refractivity contribution in [2.24, 2.45) is 17.8 Å². The number of fused-ring (bicyclic) bond motifs is 1. The van der Waals surface area contributed by atoms with Crippen molar-refractivity contribution in [1.82, 2.24) is 14.7 Å². The third-order valence-corrected chi connectivity index (χ3v) is 10.9. The fourth-order valence-corrected chi connectivity index (χ4v) is 8.79. The second-order valence-corrected chi connectivity index (χ2v) is 13.9. The third kappa shape index (κ3) is 6.22. The summed E-state index contributed by atoms with van der Waals surface area (Å²) < 4.78 is 0. The number of nitrogens with one attached hydrogen (secondary N) is 1. The number of carbonyl (C=O) groups is 3. The average Bonchev–Trinajstić information content (AvgIpc) is 3.11. The number of thioether (sulfide) groups is 1. The van der Waals surface area contributed by atoms with Crippen LogP contribution in [0.2, 0.25) is 0 Å². The van der Waals surface area contributed by atoms with Gasteiger partial charge in [-0.25, -0.2) is 4.79 Å². The Bertz CT molecular complexity index is 1130. The number of anilines is 1. The largest absolute Gasteiger partial charge is 0.342 e. The first-order valence-corrected chi connectivity index (χ1v) is 16.2. The minimum Gasteiger partial charge on any atom is -0.342 e. The van der Waals surface area contributed by atoms with Gasteiger partial charge in [0.15, 0.2) is 0 Å². The zero-order valence-electron chi connectivity index (χ0n) is 24.6. The molecule has 0 bridgehead atoms. The van der Waals surface area contributed by atoms with Crippen LogP contribution in [0.1, 0.15) is 71.8 Å². The molecule has 1 N–H and O–H groups in total. The monoisotopic (exact) mass is 566 g/mol. The molecular formula is C32H46N4O3S. The molecule has 4 aliphatic rings. The molecule has 0 radical (unpaired) electrons. The van der Waals surface area contributed by atoms with E-state index < -0.39 is 0 Å². The van der Waals surface area contributed by atoms with Crippen molar-refractivity contribution in [2.45, 2.75) is 89.3 Å². The fraction of sp³-hybridized carbons (Fsp3) is 0.656. The van der Waals surface area contributed by atoms with Crippen LogP contribution in [0.3, 0.4) is 0 Å². The number of rotatable bonds is 7. The van der Waals surface area contributed by atoms with E-state index in [9.17, 15) is 14.4 Å². The summed E-state index contributed by atoms with van der Waals surface area (Å²) in [4.78, 5) is 46.1. The second-order valence-electron chi connectivity index (χ2n) is 12.6. The number of likely N-dealkylation sites (tertiary alicyclic amines) is 1. The van der Waals surface area contributed by atoms with Crippen molar-refractivity contribution in [3.8, 4) is 0 Å². The molecule has 1 aliphatic carbocycles. The van der Waals surface area contributed by atoms with Crippen molar-refractivity contribution in [3.05, 3.63) is 41.5 Å². The molecule has 0 saturated carbocycles. The van der Waals surface area contributed by atoms with E-state index >= 15 is 0 Å². The first-order chi connectivity index (χ1) is 19.2. The van der Waals surface area contributed by atoms with Crippen LogP contribution in [0.5, 0.6) is 0 Å². The highest BCUT2D eigenvalue weighted by atomic mass is 32.2. The van der Waals surface area contributed by atoms with E-state index in [1.807, 2.05) is 28.0 Å². The predicted molar refractivity (Wildman–Crippen MR) is 162 cm³/mol. The van der Waals surface area contributed by atoms with Crippen LogP contribution in [-0.4, -0.2) is 75.4 Å². The van der Waals surface area contributed by atoms with Crippen molar-refractivity contribution >= 4 is 35.3 Å². The Morgan fingerprint density at radius 2 is 1.85 bits per heavy atom. The number of allylic oxidation sites excluding steroid dienone is 1. The fourth-order valence-electron chi connectivity index (χ4n) is 6.96. The van der Waals surface area contributed by atoms with Gasteiger partial charge in [0.1, 0.15) is 0 Å². The van der Waals surface area contributed by atoms with Crippen LogP contribution in [0.25, 0.3) is 0 Å². The van der Waals surface area contributed by atoms with Gasteiger partial charge in [-0.1, -0.05) is 50.6 Å². The standard InChI is InChI=1S/C32H46N4O3S/c1-21(2)12-18-36-30(38)27(40-31(36)29-22(3)8-7-9-23(29)4)20-28(37)34-16-14-25(15-17-34)35-19-13-24-10-5-6-11-26(24)33-32(35)39/h5-6,8,10-11,21,23,25,27,29,31H,7,9,12-20H2,1-4H3,(H,33,39). The SMILES string of the molecule is CC1=CCCC(C)C1C1SC(CC(=O)N2CCC(N3CCc4ccccc4NC3=O)CC2)C(=O)N1CCC(C)C. The molecule has 1 aromatic rings. The highest BCUT2D eigenvalue weighted by Crippen LogP contribution is 2.45. The van der Waals surface area contributed by atoms with Crippen molar-refractivity contribution in [3.63, 3.8) is 0 Å². The molecule has 218 valence electrons. The molecule has 0 spiro atoms. The molecule has 3 aliphatic heterocycles. The topological polar surface area (TPSA) is 73.0 Å². The Labute approximate surface area is 244 Å². The molecule has 3 heterocycles. The van der Waals surface area contributed by atoms with Crippen LogP contribution in [0, 0.1) is 17.8 Å². The van der Waals surface area contributed by atoms with Gasteiger partial charge in [-0.15, -0.1) is 11.8 Å². The number of piperidine rings is 1. The summed E-state index contributed by atoms with van der Waals surface area (Å²) in [6.45, 7) is 11.7. The van der Waals surface area contributed by atoms with E-state index in [4.69, 9.17) is 0 Å². The van der Waals surface area contributed by atoms with E-state index in [1.54, 1.807) is 11.8 Å². The number of urea groups is 1.